The Morgan fingerprint density at radius 2 is 1.71 bits per heavy atom. The summed E-state index contributed by atoms with van der Waals surface area (Å²) in [6.07, 6.45) is 0. The van der Waals surface area contributed by atoms with Gasteiger partial charge in [-0.1, -0.05) is 0 Å². The van der Waals surface area contributed by atoms with E-state index in [-0.39, 0.29) is 41.0 Å². The minimum atomic E-state index is -0.911. The summed E-state index contributed by atoms with van der Waals surface area (Å²) >= 11 is 0. The number of fused-ring (bicyclic) bond motifs is 1. The molecule has 1 aliphatic heterocycles. The molecule has 0 saturated carbocycles. The van der Waals surface area contributed by atoms with Crippen molar-refractivity contribution in [1.29, 1.82) is 0 Å². The normalized spacial score (nSPS) is 17.0. The van der Waals surface area contributed by atoms with Crippen LogP contribution in [-0.4, -0.2) is 28.4 Å². The lowest BCUT2D eigenvalue weighted by atomic mass is 9.88. The van der Waals surface area contributed by atoms with Crippen molar-refractivity contribution < 1.29 is 24.5 Å². The highest BCUT2D eigenvalue weighted by Crippen LogP contribution is 2.31. The minimum absolute atomic E-state index is 0.00450. The second-order valence-electron chi connectivity index (χ2n) is 4.82. The summed E-state index contributed by atoms with van der Waals surface area (Å²) in [6, 6.07) is 9.92. The van der Waals surface area contributed by atoms with Crippen LogP contribution in [0.3, 0.4) is 0 Å². The van der Waals surface area contributed by atoms with Gasteiger partial charge < -0.3 is 14.9 Å². The lowest BCUT2D eigenvalue weighted by Crippen LogP contribution is -2.34. The molecule has 3 rings (SSSR count). The van der Waals surface area contributed by atoms with Gasteiger partial charge in [-0.2, -0.15) is 0 Å². The number of hydrogen-bond donors (Lipinski definition) is 2. The van der Waals surface area contributed by atoms with Gasteiger partial charge in [0.15, 0.2) is 11.6 Å². The van der Waals surface area contributed by atoms with E-state index >= 15 is 0 Å². The molecule has 2 aromatic carbocycles. The second-order valence-corrected chi connectivity index (χ2v) is 4.82. The van der Waals surface area contributed by atoms with Gasteiger partial charge in [0, 0.05) is 11.6 Å². The summed E-state index contributed by atoms with van der Waals surface area (Å²) in [5.74, 6) is -1.24. The van der Waals surface area contributed by atoms with Crippen LogP contribution in [0, 0.1) is 5.92 Å². The molecule has 2 aromatic rings. The van der Waals surface area contributed by atoms with Crippen LogP contribution in [0.2, 0.25) is 0 Å². The smallest absolute Gasteiger partial charge is 0.180 e. The molecule has 0 bridgehead atoms. The molecule has 0 fully saturated rings. The van der Waals surface area contributed by atoms with Gasteiger partial charge in [-0.3, -0.25) is 9.59 Å². The lowest BCUT2D eigenvalue weighted by Gasteiger charge is -2.23. The molecule has 0 aliphatic carbocycles. The fraction of sp³-hybridized carbons (Fsp3) is 0.125. The van der Waals surface area contributed by atoms with Crippen LogP contribution in [0.25, 0.3) is 0 Å². The van der Waals surface area contributed by atoms with E-state index < -0.39 is 5.92 Å². The van der Waals surface area contributed by atoms with Gasteiger partial charge in [-0.15, -0.1) is 0 Å². The first-order chi connectivity index (χ1) is 10.1. The molecule has 0 radical (unpaired) electrons. The summed E-state index contributed by atoms with van der Waals surface area (Å²) in [7, 11) is 0. The molecule has 0 spiro atoms. The molecule has 2 N–H and O–H groups in total. The molecule has 5 nitrogen and oxygen atoms in total. The number of ether oxygens (including phenoxy) is 1. The fourth-order valence-electron chi connectivity index (χ4n) is 2.29. The van der Waals surface area contributed by atoms with E-state index in [9.17, 15) is 19.8 Å². The summed E-state index contributed by atoms with van der Waals surface area (Å²) < 4.78 is 5.40. The first kappa shape index (κ1) is 13.2. The number of ketones is 2. The summed E-state index contributed by atoms with van der Waals surface area (Å²) in [5, 5.41) is 18.6. The van der Waals surface area contributed by atoms with Crippen LogP contribution in [0.4, 0.5) is 0 Å². The van der Waals surface area contributed by atoms with Gasteiger partial charge in [0.2, 0.25) is 0 Å². The van der Waals surface area contributed by atoms with Crippen molar-refractivity contribution in [3.8, 4) is 17.2 Å². The number of Topliss-reactive ketones (excluding diaryl/α,β-unsaturated/α-hetero) is 2. The second kappa shape index (κ2) is 4.94. The van der Waals surface area contributed by atoms with Crippen LogP contribution in [0.15, 0.2) is 42.5 Å². The molecule has 0 amide bonds. The van der Waals surface area contributed by atoms with E-state index in [2.05, 4.69) is 0 Å². The highest BCUT2D eigenvalue weighted by atomic mass is 16.5. The number of carbonyl (C=O) groups is 2. The Balaban J connectivity index is 1.91. The zero-order valence-electron chi connectivity index (χ0n) is 10.9. The predicted molar refractivity (Wildman–Crippen MR) is 73.9 cm³/mol. The Hall–Kier alpha value is -2.82. The van der Waals surface area contributed by atoms with Crippen molar-refractivity contribution in [2.75, 3.05) is 6.61 Å². The largest absolute Gasteiger partial charge is 0.508 e. The van der Waals surface area contributed by atoms with Crippen LogP contribution in [0.1, 0.15) is 20.7 Å². The van der Waals surface area contributed by atoms with E-state index in [4.69, 9.17) is 4.74 Å². The first-order valence-corrected chi connectivity index (χ1v) is 6.39. The number of aromatic hydroxyl groups is 2. The molecular formula is C16H12O5. The highest BCUT2D eigenvalue weighted by Gasteiger charge is 2.34. The zero-order valence-corrected chi connectivity index (χ0v) is 10.9. The Labute approximate surface area is 120 Å². The van der Waals surface area contributed by atoms with Crippen molar-refractivity contribution >= 4 is 11.6 Å². The third-order valence-corrected chi connectivity index (χ3v) is 3.42. The van der Waals surface area contributed by atoms with Crippen molar-refractivity contribution in [2.45, 2.75) is 0 Å². The van der Waals surface area contributed by atoms with Crippen molar-refractivity contribution in [1.82, 2.24) is 0 Å². The third-order valence-electron chi connectivity index (χ3n) is 3.42. The monoisotopic (exact) mass is 284 g/mol. The number of hydrogen-bond acceptors (Lipinski definition) is 5. The van der Waals surface area contributed by atoms with Crippen LogP contribution in [-0.2, 0) is 0 Å². The number of rotatable bonds is 2. The summed E-state index contributed by atoms with van der Waals surface area (Å²) in [5.41, 5.74) is 0.633. The van der Waals surface area contributed by atoms with Crippen molar-refractivity contribution in [3.63, 3.8) is 0 Å². The van der Waals surface area contributed by atoms with Crippen molar-refractivity contribution in [3.05, 3.63) is 53.6 Å². The van der Waals surface area contributed by atoms with Crippen molar-refractivity contribution in [2.24, 2.45) is 5.92 Å². The Morgan fingerprint density at radius 1 is 1.05 bits per heavy atom. The third kappa shape index (κ3) is 2.33. The standard InChI is InChI=1S/C16H12O5/c17-10-3-1-9(2-4-10)15(19)13-8-21-14-7-11(18)5-6-12(14)16(13)20/h1-7,13,17-18H,8H2/t13-/m0/s1. The topological polar surface area (TPSA) is 83.8 Å². The van der Waals surface area contributed by atoms with Gasteiger partial charge in [0.05, 0.1) is 5.56 Å². The molecule has 0 aromatic heterocycles. The Kier molecular flexibility index (Phi) is 3.10. The van der Waals surface area contributed by atoms with E-state index in [1.807, 2.05) is 0 Å². The molecule has 1 atom stereocenters. The molecule has 1 aliphatic rings. The SMILES string of the molecule is O=C(c1ccc(O)cc1)[C@@H]1COc2cc(O)ccc2C1=O. The molecular weight excluding hydrogens is 272 g/mol. The van der Waals surface area contributed by atoms with Gasteiger partial charge in [0.1, 0.15) is 29.8 Å². The number of phenols is 2. The average Bonchev–Trinajstić information content (AvgIpc) is 2.47. The maximum absolute atomic E-state index is 12.4. The highest BCUT2D eigenvalue weighted by molar-refractivity contribution is 6.17. The van der Waals surface area contributed by atoms with Crippen LogP contribution >= 0.6 is 0 Å². The molecule has 21 heavy (non-hydrogen) atoms. The van der Waals surface area contributed by atoms with E-state index in [0.717, 1.165) is 0 Å². The maximum atomic E-state index is 12.4. The molecule has 1 heterocycles. The number of benzene rings is 2. The minimum Gasteiger partial charge on any atom is -0.508 e. The molecule has 0 saturated heterocycles. The molecule has 106 valence electrons. The zero-order chi connectivity index (χ0) is 15.0. The first-order valence-electron chi connectivity index (χ1n) is 6.39. The predicted octanol–water partition coefficient (Wildman–Crippen LogP) is 2.17. The van der Waals surface area contributed by atoms with Gasteiger partial charge in [-0.05, 0) is 36.4 Å². The molecule has 5 heteroatoms. The summed E-state index contributed by atoms with van der Waals surface area (Å²) in [4.78, 5) is 24.7. The fourth-order valence-corrected chi connectivity index (χ4v) is 2.29. The van der Waals surface area contributed by atoms with E-state index in [0.29, 0.717) is 5.56 Å². The van der Waals surface area contributed by atoms with E-state index in [1.165, 1.54) is 42.5 Å². The lowest BCUT2D eigenvalue weighted by molar-refractivity contribution is 0.0723. The van der Waals surface area contributed by atoms with Gasteiger partial charge in [-0.25, -0.2) is 0 Å². The van der Waals surface area contributed by atoms with Crippen LogP contribution < -0.4 is 4.74 Å². The summed E-state index contributed by atoms with van der Waals surface area (Å²) in [6.45, 7) is -0.0605. The number of carbonyl (C=O) groups excluding carboxylic acids is 2. The van der Waals surface area contributed by atoms with Gasteiger partial charge in [0.25, 0.3) is 0 Å². The van der Waals surface area contributed by atoms with Gasteiger partial charge >= 0.3 is 0 Å². The quantitative estimate of drug-likeness (QED) is 0.652. The number of phenolic OH excluding ortho intramolecular Hbond substituents is 2. The van der Waals surface area contributed by atoms with E-state index in [1.54, 1.807) is 0 Å². The molecule has 0 unspecified atom stereocenters. The van der Waals surface area contributed by atoms with Crippen LogP contribution in [0.5, 0.6) is 17.2 Å². The average molecular weight is 284 g/mol. The Morgan fingerprint density at radius 3 is 2.43 bits per heavy atom. The Bertz CT molecular complexity index is 718. The maximum Gasteiger partial charge on any atom is 0.180 e.